The number of imide groups is 1. The molecule has 0 atom stereocenters. The van der Waals surface area contributed by atoms with E-state index in [1.165, 1.54) is 18.7 Å². The summed E-state index contributed by atoms with van der Waals surface area (Å²) in [6.45, 7) is 6.64. The number of carbonyl (C=O) groups is 2. The van der Waals surface area contributed by atoms with E-state index in [1.807, 2.05) is 26.0 Å². The Bertz CT molecular complexity index is 396. The second kappa shape index (κ2) is 4.26. The van der Waals surface area contributed by atoms with Crippen molar-refractivity contribution in [2.45, 2.75) is 27.7 Å². The van der Waals surface area contributed by atoms with Crippen molar-refractivity contribution in [2.24, 2.45) is 0 Å². The van der Waals surface area contributed by atoms with Gasteiger partial charge in [0.15, 0.2) is 0 Å². The molecule has 0 aliphatic carbocycles. The van der Waals surface area contributed by atoms with E-state index in [0.29, 0.717) is 5.69 Å². The van der Waals surface area contributed by atoms with Gasteiger partial charge in [-0.25, -0.2) is 0 Å². The molecule has 0 heterocycles. The third-order valence-electron chi connectivity index (χ3n) is 2.22. The lowest BCUT2D eigenvalue weighted by Crippen LogP contribution is -2.33. The Labute approximate surface area is 89.7 Å². The van der Waals surface area contributed by atoms with Gasteiger partial charge in [-0.1, -0.05) is 17.7 Å². The Morgan fingerprint density at radius 1 is 1.07 bits per heavy atom. The first-order chi connectivity index (χ1) is 6.93. The number of benzene rings is 1. The minimum Gasteiger partial charge on any atom is -0.274 e. The second-order valence-electron chi connectivity index (χ2n) is 3.66. The van der Waals surface area contributed by atoms with E-state index >= 15 is 0 Å². The van der Waals surface area contributed by atoms with Crippen molar-refractivity contribution in [3.8, 4) is 0 Å². The molecule has 3 nitrogen and oxygen atoms in total. The Hall–Kier alpha value is -1.64. The lowest BCUT2D eigenvalue weighted by Gasteiger charge is -2.19. The number of aryl methyl sites for hydroxylation is 2. The fourth-order valence-electron chi connectivity index (χ4n) is 1.62. The SMILES string of the molecule is CC(=O)N(C(C)=O)c1ccc(C)cc1C. The van der Waals surface area contributed by atoms with Gasteiger partial charge in [-0.05, 0) is 25.5 Å². The molecule has 15 heavy (non-hydrogen) atoms. The molecule has 1 aromatic rings. The number of hydrogen-bond donors (Lipinski definition) is 0. The van der Waals surface area contributed by atoms with Gasteiger partial charge in [0.2, 0.25) is 11.8 Å². The zero-order valence-corrected chi connectivity index (χ0v) is 9.50. The van der Waals surface area contributed by atoms with Crippen LogP contribution in [0, 0.1) is 13.8 Å². The molecule has 0 fully saturated rings. The van der Waals surface area contributed by atoms with Crippen molar-refractivity contribution in [1.82, 2.24) is 0 Å². The molecule has 1 rings (SSSR count). The van der Waals surface area contributed by atoms with E-state index in [2.05, 4.69) is 0 Å². The topological polar surface area (TPSA) is 37.4 Å². The average molecular weight is 205 g/mol. The summed E-state index contributed by atoms with van der Waals surface area (Å²) in [4.78, 5) is 23.8. The van der Waals surface area contributed by atoms with Gasteiger partial charge in [0.05, 0.1) is 5.69 Å². The first kappa shape index (κ1) is 11.4. The van der Waals surface area contributed by atoms with Crippen LogP contribution in [-0.4, -0.2) is 11.8 Å². The lowest BCUT2D eigenvalue weighted by molar-refractivity contribution is -0.124. The Balaban J connectivity index is 3.23. The van der Waals surface area contributed by atoms with Crippen LogP contribution in [0.2, 0.25) is 0 Å². The van der Waals surface area contributed by atoms with Crippen LogP contribution in [0.5, 0.6) is 0 Å². The summed E-state index contributed by atoms with van der Waals surface area (Å²) in [5.41, 5.74) is 2.71. The highest BCUT2D eigenvalue weighted by Crippen LogP contribution is 2.21. The molecule has 0 bridgehead atoms. The molecular weight excluding hydrogens is 190 g/mol. The standard InChI is InChI=1S/C12H15NO2/c1-8-5-6-12(9(2)7-8)13(10(3)14)11(4)15/h5-7H,1-4H3. The van der Waals surface area contributed by atoms with Gasteiger partial charge in [0, 0.05) is 13.8 Å². The molecule has 0 saturated carbocycles. The maximum Gasteiger partial charge on any atom is 0.230 e. The van der Waals surface area contributed by atoms with Crippen LogP contribution in [-0.2, 0) is 9.59 Å². The van der Waals surface area contributed by atoms with Crippen LogP contribution < -0.4 is 4.90 Å². The van der Waals surface area contributed by atoms with Crippen molar-refractivity contribution in [3.63, 3.8) is 0 Å². The molecule has 0 aliphatic heterocycles. The summed E-state index contributed by atoms with van der Waals surface area (Å²) in [7, 11) is 0. The molecule has 1 aromatic carbocycles. The Morgan fingerprint density at radius 2 is 1.60 bits per heavy atom. The summed E-state index contributed by atoms with van der Waals surface area (Å²) in [5, 5.41) is 0. The van der Waals surface area contributed by atoms with E-state index in [0.717, 1.165) is 11.1 Å². The number of carbonyl (C=O) groups excluding carboxylic acids is 2. The smallest absolute Gasteiger partial charge is 0.230 e. The summed E-state index contributed by atoms with van der Waals surface area (Å²) in [5.74, 6) is -0.510. The molecule has 0 unspecified atom stereocenters. The summed E-state index contributed by atoms with van der Waals surface area (Å²) < 4.78 is 0. The number of nitrogens with zero attached hydrogens (tertiary/aromatic N) is 1. The number of anilines is 1. The summed E-state index contributed by atoms with van der Waals surface area (Å²) in [6.07, 6.45) is 0. The third-order valence-corrected chi connectivity index (χ3v) is 2.22. The lowest BCUT2D eigenvalue weighted by atomic mass is 10.1. The number of hydrogen-bond acceptors (Lipinski definition) is 2. The predicted molar refractivity (Wildman–Crippen MR) is 59.8 cm³/mol. The Morgan fingerprint density at radius 3 is 2.00 bits per heavy atom. The second-order valence-corrected chi connectivity index (χ2v) is 3.66. The minimum atomic E-state index is -0.255. The molecule has 80 valence electrons. The number of rotatable bonds is 1. The van der Waals surface area contributed by atoms with Gasteiger partial charge in [-0.15, -0.1) is 0 Å². The normalized spacial score (nSPS) is 9.87. The fraction of sp³-hybridized carbons (Fsp3) is 0.333. The molecule has 3 heteroatoms. The van der Waals surface area contributed by atoms with E-state index < -0.39 is 0 Å². The highest BCUT2D eigenvalue weighted by Gasteiger charge is 2.17. The quantitative estimate of drug-likeness (QED) is 0.704. The van der Waals surface area contributed by atoms with Gasteiger partial charge < -0.3 is 0 Å². The van der Waals surface area contributed by atoms with Gasteiger partial charge in [0.25, 0.3) is 0 Å². The molecule has 0 spiro atoms. The van der Waals surface area contributed by atoms with Crippen molar-refractivity contribution in [2.75, 3.05) is 4.90 Å². The molecular formula is C12H15NO2. The van der Waals surface area contributed by atoms with Gasteiger partial charge >= 0.3 is 0 Å². The van der Waals surface area contributed by atoms with Gasteiger partial charge in [-0.2, -0.15) is 0 Å². The van der Waals surface area contributed by atoms with E-state index in [1.54, 1.807) is 6.07 Å². The first-order valence-corrected chi connectivity index (χ1v) is 4.82. The van der Waals surface area contributed by atoms with Crippen molar-refractivity contribution >= 4 is 17.5 Å². The molecule has 0 aliphatic rings. The molecule has 0 aromatic heterocycles. The van der Waals surface area contributed by atoms with Crippen molar-refractivity contribution in [3.05, 3.63) is 29.3 Å². The van der Waals surface area contributed by atoms with Crippen molar-refractivity contribution in [1.29, 1.82) is 0 Å². The van der Waals surface area contributed by atoms with Crippen LogP contribution in [0.15, 0.2) is 18.2 Å². The third kappa shape index (κ3) is 2.43. The monoisotopic (exact) mass is 205 g/mol. The predicted octanol–water partition coefficient (Wildman–Crippen LogP) is 2.20. The first-order valence-electron chi connectivity index (χ1n) is 4.82. The van der Waals surface area contributed by atoms with Crippen LogP contribution in [0.25, 0.3) is 0 Å². The van der Waals surface area contributed by atoms with Crippen LogP contribution in [0.1, 0.15) is 25.0 Å². The van der Waals surface area contributed by atoms with E-state index in [-0.39, 0.29) is 11.8 Å². The van der Waals surface area contributed by atoms with Crippen molar-refractivity contribution < 1.29 is 9.59 Å². The number of amides is 2. The average Bonchev–Trinajstić information content (AvgIpc) is 2.08. The summed E-state index contributed by atoms with van der Waals surface area (Å²) in [6, 6.07) is 5.64. The molecule has 2 amide bonds. The highest BCUT2D eigenvalue weighted by molar-refractivity contribution is 6.13. The van der Waals surface area contributed by atoms with Crippen LogP contribution >= 0.6 is 0 Å². The van der Waals surface area contributed by atoms with Crippen LogP contribution in [0.4, 0.5) is 5.69 Å². The Kier molecular flexibility index (Phi) is 3.24. The van der Waals surface area contributed by atoms with Gasteiger partial charge in [-0.3, -0.25) is 14.5 Å². The zero-order chi connectivity index (χ0) is 11.6. The fourth-order valence-corrected chi connectivity index (χ4v) is 1.62. The minimum absolute atomic E-state index is 0.255. The van der Waals surface area contributed by atoms with E-state index in [4.69, 9.17) is 0 Å². The largest absolute Gasteiger partial charge is 0.274 e. The zero-order valence-electron chi connectivity index (χ0n) is 9.50. The van der Waals surface area contributed by atoms with Gasteiger partial charge in [0.1, 0.15) is 0 Å². The molecule has 0 radical (unpaired) electrons. The maximum absolute atomic E-state index is 11.3. The maximum atomic E-state index is 11.3. The van der Waals surface area contributed by atoms with Crippen LogP contribution in [0.3, 0.4) is 0 Å². The highest BCUT2D eigenvalue weighted by atomic mass is 16.2. The summed E-state index contributed by atoms with van der Waals surface area (Å²) >= 11 is 0. The van der Waals surface area contributed by atoms with E-state index in [9.17, 15) is 9.59 Å². The molecule has 0 saturated heterocycles. The molecule has 0 N–H and O–H groups in total.